The van der Waals surface area contributed by atoms with E-state index in [1.54, 1.807) is 4.90 Å². The van der Waals surface area contributed by atoms with Gasteiger partial charge in [0.25, 0.3) is 0 Å². The quantitative estimate of drug-likeness (QED) is 0.654. The third-order valence-electron chi connectivity index (χ3n) is 1.98. The molecule has 0 atom stereocenters. The summed E-state index contributed by atoms with van der Waals surface area (Å²) in [7, 11) is 0. The summed E-state index contributed by atoms with van der Waals surface area (Å²) in [5.41, 5.74) is 1.18. The molecule has 0 aliphatic carbocycles. The van der Waals surface area contributed by atoms with Crippen molar-refractivity contribution >= 4 is 6.41 Å². The molecule has 1 amide bonds. The summed E-state index contributed by atoms with van der Waals surface area (Å²) in [5.74, 6) is 0.518. The molecule has 1 rings (SSSR count). The number of carbonyl (C=O) groups is 1. The molecule has 14 heavy (non-hydrogen) atoms. The van der Waals surface area contributed by atoms with Crippen molar-refractivity contribution in [2.75, 3.05) is 6.54 Å². The topological polar surface area (TPSA) is 20.3 Å². The van der Waals surface area contributed by atoms with Crippen LogP contribution in [-0.2, 0) is 11.3 Å². The van der Waals surface area contributed by atoms with Crippen molar-refractivity contribution in [3.63, 3.8) is 0 Å². The first-order valence-corrected chi connectivity index (χ1v) is 4.95. The van der Waals surface area contributed by atoms with Gasteiger partial charge in [-0.2, -0.15) is 0 Å². The number of benzene rings is 1. The molecule has 76 valence electrons. The molecule has 0 aliphatic heterocycles. The van der Waals surface area contributed by atoms with Crippen LogP contribution in [0.25, 0.3) is 0 Å². The van der Waals surface area contributed by atoms with E-state index in [0.717, 1.165) is 13.0 Å². The summed E-state index contributed by atoms with van der Waals surface area (Å²) in [6.07, 6.45) is 0.924. The molecule has 0 aromatic heterocycles. The second kappa shape index (κ2) is 5.43. The molecule has 1 aromatic rings. The predicted molar refractivity (Wildman–Crippen MR) is 57.8 cm³/mol. The highest BCUT2D eigenvalue weighted by Crippen LogP contribution is 2.04. The Morgan fingerprint density at radius 2 is 1.93 bits per heavy atom. The minimum Gasteiger partial charge on any atom is -0.341 e. The van der Waals surface area contributed by atoms with E-state index >= 15 is 0 Å². The summed E-state index contributed by atoms with van der Waals surface area (Å²) < 4.78 is 0. The zero-order valence-electron chi connectivity index (χ0n) is 8.81. The molecule has 0 bridgehead atoms. The van der Waals surface area contributed by atoms with Crippen molar-refractivity contribution in [3.05, 3.63) is 35.9 Å². The standard InChI is InChI=1S/C12H17NO/c1-11(2)8-13(10-14)9-12-6-4-3-5-7-12/h3-7,10-11H,8-9H2,1-2H3. The first-order chi connectivity index (χ1) is 6.72. The monoisotopic (exact) mass is 191 g/mol. The minimum atomic E-state index is 0.518. The van der Waals surface area contributed by atoms with Crippen molar-refractivity contribution in [2.45, 2.75) is 20.4 Å². The summed E-state index contributed by atoms with van der Waals surface area (Å²) >= 11 is 0. The average molecular weight is 191 g/mol. The van der Waals surface area contributed by atoms with E-state index in [2.05, 4.69) is 13.8 Å². The van der Waals surface area contributed by atoms with Gasteiger partial charge in [-0.15, -0.1) is 0 Å². The van der Waals surface area contributed by atoms with E-state index in [4.69, 9.17) is 0 Å². The number of amides is 1. The van der Waals surface area contributed by atoms with Crippen LogP contribution in [0, 0.1) is 5.92 Å². The maximum absolute atomic E-state index is 10.8. The molecule has 0 unspecified atom stereocenters. The molecule has 1 aromatic carbocycles. The Kier molecular flexibility index (Phi) is 4.17. The van der Waals surface area contributed by atoms with E-state index in [-0.39, 0.29) is 0 Å². The molecular formula is C12H17NO. The van der Waals surface area contributed by atoms with Crippen LogP contribution < -0.4 is 0 Å². The molecule has 0 N–H and O–H groups in total. The third-order valence-corrected chi connectivity index (χ3v) is 1.98. The van der Waals surface area contributed by atoms with Gasteiger partial charge in [0.1, 0.15) is 0 Å². The number of hydrogen-bond donors (Lipinski definition) is 0. The van der Waals surface area contributed by atoms with Gasteiger partial charge in [0.05, 0.1) is 0 Å². The zero-order valence-corrected chi connectivity index (χ0v) is 8.81. The number of carbonyl (C=O) groups excluding carboxylic acids is 1. The fourth-order valence-corrected chi connectivity index (χ4v) is 1.43. The molecule has 0 heterocycles. The highest BCUT2D eigenvalue weighted by molar-refractivity contribution is 5.47. The fourth-order valence-electron chi connectivity index (χ4n) is 1.43. The van der Waals surface area contributed by atoms with Crippen LogP contribution >= 0.6 is 0 Å². The molecule has 0 radical (unpaired) electrons. The Hall–Kier alpha value is -1.31. The first-order valence-electron chi connectivity index (χ1n) is 4.95. The lowest BCUT2D eigenvalue weighted by Gasteiger charge is -2.19. The van der Waals surface area contributed by atoms with Crippen LogP contribution in [0.15, 0.2) is 30.3 Å². The fraction of sp³-hybridized carbons (Fsp3) is 0.417. The van der Waals surface area contributed by atoms with Crippen molar-refractivity contribution < 1.29 is 4.79 Å². The molecule has 0 fully saturated rings. The van der Waals surface area contributed by atoms with Crippen LogP contribution in [-0.4, -0.2) is 17.9 Å². The number of rotatable bonds is 5. The highest BCUT2D eigenvalue weighted by Gasteiger charge is 2.04. The van der Waals surface area contributed by atoms with Crippen molar-refractivity contribution in [2.24, 2.45) is 5.92 Å². The Morgan fingerprint density at radius 3 is 2.43 bits per heavy atom. The second-order valence-corrected chi connectivity index (χ2v) is 3.91. The normalized spacial score (nSPS) is 10.2. The smallest absolute Gasteiger partial charge is 0.210 e. The zero-order chi connectivity index (χ0) is 10.4. The summed E-state index contributed by atoms with van der Waals surface area (Å²) in [5, 5.41) is 0. The van der Waals surface area contributed by atoms with E-state index < -0.39 is 0 Å². The summed E-state index contributed by atoms with van der Waals surface area (Å²) in [4.78, 5) is 12.6. The van der Waals surface area contributed by atoms with Gasteiger partial charge in [-0.05, 0) is 11.5 Å². The van der Waals surface area contributed by atoms with Gasteiger partial charge >= 0.3 is 0 Å². The van der Waals surface area contributed by atoms with Gasteiger partial charge in [-0.3, -0.25) is 4.79 Å². The van der Waals surface area contributed by atoms with Crippen LogP contribution in [0.1, 0.15) is 19.4 Å². The Bertz CT molecular complexity index is 269. The van der Waals surface area contributed by atoms with Gasteiger partial charge in [0, 0.05) is 13.1 Å². The predicted octanol–water partition coefficient (Wildman–Crippen LogP) is 2.30. The van der Waals surface area contributed by atoms with Crippen LogP contribution in [0.3, 0.4) is 0 Å². The van der Waals surface area contributed by atoms with E-state index in [1.165, 1.54) is 5.56 Å². The van der Waals surface area contributed by atoms with Gasteiger partial charge in [-0.1, -0.05) is 44.2 Å². The van der Waals surface area contributed by atoms with E-state index in [1.807, 2.05) is 30.3 Å². The van der Waals surface area contributed by atoms with Crippen molar-refractivity contribution in [3.8, 4) is 0 Å². The lowest BCUT2D eigenvalue weighted by Crippen LogP contribution is -2.25. The van der Waals surface area contributed by atoms with Crippen LogP contribution in [0.4, 0.5) is 0 Å². The minimum absolute atomic E-state index is 0.518. The largest absolute Gasteiger partial charge is 0.341 e. The molecule has 0 saturated carbocycles. The van der Waals surface area contributed by atoms with Crippen LogP contribution in [0.5, 0.6) is 0 Å². The molecule has 0 saturated heterocycles. The molecule has 0 aliphatic rings. The SMILES string of the molecule is CC(C)CN(C=O)Cc1ccccc1. The maximum Gasteiger partial charge on any atom is 0.210 e. The van der Waals surface area contributed by atoms with Crippen molar-refractivity contribution in [1.82, 2.24) is 4.90 Å². The van der Waals surface area contributed by atoms with Gasteiger partial charge in [-0.25, -0.2) is 0 Å². The average Bonchev–Trinajstić information content (AvgIpc) is 2.17. The number of hydrogen-bond acceptors (Lipinski definition) is 1. The maximum atomic E-state index is 10.8. The van der Waals surface area contributed by atoms with Crippen molar-refractivity contribution in [1.29, 1.82) is 0 Å². The lowest BCUT2D eigenvalue weighted by atomic mass is 10.2. The number of nitrogens with zero attached hydrogens (tertiary/aromatic N) is 1. The lowest BCUT2D eigenvalue weighted by molar-refractivity contribution is -0.119. The molecular weight excluding hydrogens is 174 g/mol. The molecule has 2 heteroatoms. The highest BCUT2D eigenvalue weighted by atomic mass is 16.1. The van der Waals surface area contributed by atoms with E-state index in [0.29, 0.717) is 12.5 Å². The van der Waals surface area contributed by atoms with Gasteiger partial charge in [0.15, 0.2) is 0 Å². The van der Waals surface area contributed by atoms with Gasteiger partial charge in [0.2, 0.25) is 6.41 Å². The Morgan fingerprint density at radius 1 is 1.29 bits per heavy atom. The summed E-state index contributed by atoms with van der Waals surface area (Å²) in [6.45, 7) is 5.75. The Balaban J connectivity index is 2.53. The summed E-state index contributed by atoms with van der Waals surface area (Å²) in [6, 6.07) is 10.0. The Labute approximate surface area is 85.5 Å². The third kappa shape index (κ3) is 3.60. The van der Waals surface area contributed by atoms with Crippen LogP contribution in [0.2, 0.25) is 0 Å². The first kappa shape index (κ1) is 10.8. The van der Waals surface area contributed by atoms with Gasteiger partial charge < -0.3 is 4.90 Å². The second-order valence-electron chi connectivity index (χ2n) is 3.91. The molecule has 2 nitrogen and oxygen atoms in total. The van der Waals surface area contributed by atoms with E-state index in [9.17, 15) is 4.79 Å². The molecule has 0 spiro atoms.